The molecule has 0 aromatic heterocycles. The topological polar surface area (TPSA) is 23.8 Å². The normalized spacial score (nSPS) is 19.7. The van der Waals surface area contributed by atoms with Crippen LogP contribution in [0, 0.1) is 17.2 Å². The summed E-state index contributed by atoms with van der Waals surface area (Å²) in [6.45, 7) is 4.05. The monoisotopic (exact) mass is 147 g/mol. The lowest BCUT2D eigenvalue weighted by molar-refractivity contribution is 0.780. The summed E-state index contributed by atoms with van der Waals surface area (Å²) in [5.41, 5.74) is 2.58. The summed E-state index contributed by atoms with van der Waals surface area (Å²) in [5, 5.41) is 8.66. The van der Waals surface area contributed by atoms with E-state index in [-0.39, 0.29) is 5.92 Å². The Hall–Kier alpha value is -1.03. The average Bonchev–Trinajstić information content (AvgIpc) is 2.03. The highest BCUT2D eigenvalue weighted by atomic mass is 14.3. The van der Waals surface area contributed by atoms with E-state index < -0.39 is 0 Å². The van der Waals surface area contributed by atoms with Crippen molar-refractivity contribution in [3.05, 3.63) is 23.3 Å². The van der Waals surface area contributed by atoms with Crippen molar-refractivity contribution in [3.63, 3.8) is 0 Å². The molecular formula is C10H13N. The second kappa shape index (κ2) is 3.39. The Balaban J connectivity index is 2.74. The van der Waals surface area contributed by atoms with Crippen molar-refractivity contribution in [2.45, 2.75) is 26.7 Å². The first-order valence-corrected chi connectivity index (χ1v) is 4.01. The Kier molecular flexibility index (Phi) is 2.48. The van der Waals surface area contributed by atoms with E-state index in [1.165, 1.54) is 11.1 Å². The molecule has 0 bridgehead atoms. The van der Waals surface area contributed by atoms with Crippen molar-refractivity contribution >= 4 is 0 Å². The van der Waals surface area contributed by atoms with Gasteiger partial charge >= 0.3 is 0 Å². The van der Waals surface area contributed by atoms with Crippen LogP contribution >= 0.6 is 0 Å². The van der Waals surface area contributed by atoms with Gasteiger partial charge in [0.15, 0.2) is 0 Å². The van der Waals surface area contributed by atoms with E-state index in [0.29, 0.717) is 0 Å². The van der Waals surface area contributed by atoms with Gasteiger partial charge in [-0.3, -0.25) is 0 Å². The Labute approximate surface area is 68.0 Å². The molecule has 0 heterocycles. The standard InChI is InChI=1S/C10H13N/c1-8-4-3-5-10(6-8)9(2)7-11/h4,6,9H,3,5H2,1-2H3. The van der Waals surface area contributed by atoms with E-state index in [1.807, 2.05) is 6.92 Å². The zero-order valence-electron chi connectivity index (χ0n) is 7.09. The Morgan fingerprint density at radius 2 is 2.36 bits per heavy atom. The first-order valence-electron chi connectivity index (χ1n) is 4.01. The fourth-order valence-corrected chi connectivity index (χ4v) is 1.31. The van der Waals surface area contributed by atoms with Gasteiger partial charge < -0.3 is 0 Å². The quantitative estimate of drug-likeness (QED) is 0.559. The van der Waals surface area contributed by atoms with Crippen molar-refractivity contribution in [2.75, 3.05) is 0 Å². The van der Waals surface area contributed by atoms with E-state index >= 15 is 0 Å². The zero-order chi connectivity index (χ0) is 8.27. The van der Waals surface area contributed by atoms with Gasteiger partial charge in [0.05, 0.1) is 12.0 Å². The van der Waals surface area contributed by atoms with Gasteiger partial charge in [0, 0.05) is 0 Å². The fraction of sp³-hybridized carbons (Fsp3) is 0.500. The van der Waals surface area contributed by atoms with Crippen molar-refractivity contribution in [1.29, 1.82) is 5.26 Å². The molecule has 0 N–H and O–H groups in total. The summed E-state index contributed by atoms with van der Waals surface area (Å²) < 4.78 is 0. The molecule has 1 rings (SSSR count). The van der Waals surface area contributed by atoms with Crippen molar-refractivity contribution in [1.82, 2.24) is 0 Å². The molecule has 0 saturated carbocycles. The fourth-order valence-electron chi connectivity index (χ4n) is 1.31. The zero-order valence-corrected chi connectivity index (χ0v) is 7.09. The summed E-state index contributed by atoms with van der Waals surface area (Å²) in [4.78, 5) is 0. The molecule has 1 aliphatic rings. The van der Waals surface area contributed by atoms with E-state index in [2.05, 4.69) is 25.1 Å². The second-order valence-corrected chi connectivity index (χ2v) is 3.06. The molecule has 1 unspecified atom stereocenters. The highest BCUT2D eigenvalue weighted by molar-refractivity contribution is 5.29. The minimum Gasteiger partial charge on any atom is -0.198 e. The minimum absolute atomic E-state index is 0.0960. The molecular weight excluding hydrogens is 134 g/mol. The Morgan fingerprint density at radius 3 is 2.91 bits per heavy atom. The molecule has 0 radical (unpaired) electrons. The molecule has 0 amide bonds. The van der Waals surface area contributed by atoms with Crippen LogP contribution in [-0.2, 0) is 0 Å². The first kappa shape index (κ1) is 8.07. The predicted octanol–water partition coefficient (Wildman–Crippen LogP) is 2.81. The molecule has 0 spiro atoms. The number of rotatable bonds is 1. The number of nitrogens with zero attached hydrogens (tertiary/aromatic N) is 1. The molecule has 1 aliphatic carbocycles. The average molecular weight is 147 g/mol. The van der Waals surface area contributed by atoms with Gasteiger partial charge in [-0.15, -0.1) is 0 Å². The highest BCUT2D eigenvalue weighted by Crippen LogP contribution is 2.22. The Bertz CT molecular complexity index is 240. The van der Waals surface area contributed by atoms with Crippen LogP contribution in [0.1, 0.15) is 26.7 Å². The van der Waals surface area contributed by atoms with Crippen LogP contribution in [0.4, 0.5) is 0 Å². The molecule has 11 heavy (non-hydrogen) atoms. The lowest BCUT2D eigenvalue weighted by Gasteiger charge is -2.12. The van der Waals surface area contributed by atoms with Gasteiger partial charge in [0.25, 0.3) is 0 Å². The van der Waals surface area contributed by atoms with Gasteiger partial charge in [0.1, 0.15) is 0 Å². The van der Waals surface area contributed by atoms with Crippen molar-refractivity contribution in [2.24, 2.45) is 5.92 Å². The molecule has 0 aliphatic heterocycles. The minimum atomic E-state index is 0.0960. The van der Waals surface area contributed by atoms with Crippen LogP contribution in [0.15, 0.2) is 23.3 Å². The lowest BCUT2D eigenvalue weighted by atomic mass is 9.92. The van der Waals surface area contributed by atoms with Gasteiger partial charge in [-0.25, -0.2) is 0 Å². The predicted molar refractivity (Wildman–Crippen MR) is 45.9 cm³/mol. The van der Waals surface area contributed by atoms with Crippen LogP contribution in [0.5, 0.6) is 0 Å². The molecule has 1 atom stereocenters. The summed E-state index contributed by atoms with van der Waals surface area (Å²) in [6, 6.07) is 2.26. The largest absolute Gasteiger partial charge is 0.198 e. The third-order valence-corrected chi connectivity index (χ3v) is 2.06. The van der Waals surface area contributed by atoms with Gasteiger partial charge in [-0.05, 0) is 26.7 Å². The number of nitriles is 1. The molecule has 0 aromatic carbocycles. The van der Waals surface area contributed by atoms with E-state index in [1.54, 1.807) is 0 Å². The van der Waals surface area contributed by atoms with Gasteiger partial charge in [-0.2, -0.15) is 5.26 Å². The summed E-state index contributed by atoms with van der Waals surface area (Å²) in [5.74, 6) is 0.0960. The number of allylic oxidation sites excluding steroid dienone is 4. The van der Waals surface area contributed by atoms with Crippen LogP contribution in [0.25, 0.3) is 0 Å². The van der Waals surface area contributed by atoms with Crippen LogP contribution in [0.2, 0.25) is 0 Å². The number of hydrogen-bond donors (Lipinski definition) is 0. The van der Waals surface area contributed by atoms with Crippen molar-refractivity contribution < 1.29 is 0 Å². The van der Waals surface area contributed by atoms with Crippen LogP contribution in [-0.4, -0.2) is 0 Å². The maximum Gasteiger partial charge on any atom is 0.0697 e. The van der Waals surface area contributed by atoms with E-state index in [0.717, 1.165) is 12.8 Å². The van der Waals surface area contributed by atoms with Crippen molar-refractivity contribution in [3.8, 4) is 6.07 Å². The summed E-state index contributed by atoms with van der Waals surface area (Å²) in [6.07, 6.45) is 6.51. The third kappa shape index (κ3) is 1.94. The SMILES string of the molecule is CC1=CCCC(C(C)C#N)=C1. The third-order valence-electron chi connectivity index (χ3n) is 2.06. The maximum atomic E-state index is 8.66. The molecule has 0 saturated heterocycles. The molecule has 58 valence electrons. The highest BCUT2D eigenvalue weighted by Gasteiger charge is 2.09. The number of hydrogen-bond acceptors (Lipinski definition) is 1. The molecule has 0 aromatic rings. The second-order valence-electron chi connectivity index (χ2n) is 3.06. The molecule has 0 fully saturated rings. The summed E-state index contributed by atoms with van der Waals surface area (Å²) in [7, 11) is 0. The maximum absolute atomic E-state index is 8.66. The van der Waals surface area contributed by atoms with Gasteiger partial charge in [-0.1, -0.05) is 23.3 Å². The van der Waals surface area contributed by atoms with Gasteiger partial charge in [0.2, 0.25) is 0 Å². The Morgan fingerprint density at radius 1 is 1.64 bits per heavy atom. The summed E-state index contributed by atoms with van der Waals surface area (Å²) >= 11 is 0. The molecule has 1 heteroatoms. The first-order chi connectivity index (χ1) is 5.24. The van der Waals surface area contributed by atoms with E-state index in [9.17, 15) is 0 Å². The van der Waals surface area contributed by atoms with E-state index in [4.69, 9.17) is 5.26 Å². The van der Waals surface area contributed by atoms with Crippen LogP contribution in [0.3, 0.4) is 0 Å². The van der Waals surface area contributed by atoms with Crippen LogP contribution < -0.4 is 0 Å². The molecule has 1 nitrogen and oxygen atoms in total. The lowest BCUT2D eigenvalue weighted by Crippen LogP contribution is -1.99. The smallest absolute Gasteiger partial charge is 0.0697 e.